The van der Waals surface area contributed by atoms with Gasteiger partial charge in [-0.3, -0.25) is 0 Å². The van der Waals surface area contributed by atoms with Crippen LogP contribution in [0.25, 0.3) is 21.5 Å². The van der Waals surface area contributed by atoms with Crippen molar-refractivity contribution in [1.82, 2.24) is 0 Å². The van der Waals surface area contributed by atoms with Gasteiger partial charge in [-0.05, 0) is 71.8 Å². The lowest BCUT2D eigenvalue weighted by atomic mass is 10.0. The second-order valence-electron chi connectivity index (χ2n) is 4.73. The molecule has 0 nitrogen and oxygen atoms in total. The molecule has 0 bridgehead atoms. The van der Waals surface area contributed by atoms with E-state index in [0.29, 0.717) is 0 Å². The Bertz CT molecular complexity index is 843. The first-order valence-electron chi connectivity index (χ1n) is 6.63. The summed E-state index contributed by atoms with van der Waals surface area (Å²) in [5.74, 6) is 12.1. The number of fused-ring (bicyclic) bond motifs is 2. The van der Waals surface area contributed by atoms with Crippen molar-refractivity contribution in [3.05, 3.63) is 59.7 Å². The second-order valence-corrected chi connectivity index (χ2v) is 4.73. The van der Waals surface area contributed by atoms with E-state index >= 15 is 0 Å². The summed E-state index contributed by atoms with van der Waals surface area (Å²) in [6.45, 7) is 3.72. The fourth-order valence-electron chi connectivity index (χ4n) is 2.44. The largest absolute Gasteiger partial charge is 0.101 e. The summed E-state index contributed by atoms with van der Waals surface area (Å²) in [7, 11) is 0. The van der Waals surface area contributed by atoms with Gasteiger partial charge in [-0.1, -0.05) is 24.0 Å². The predicted molar refractivity (Wildman–Crippen MR) is 86.6 cm³/mol. The molecule has 3 aromatic rings. The van der Waals surface area contributed by atoms with Gasteiger partial charge in [0.1, 0.15) is 0 Å². The topological polar surface area (TPSA) is 0 Å². The lowest BCUT2D eigenvalue weighted by Crippen LogP contribution is -1.81. The maximum atomic E-state index is 3.11. The van der Waals surface area contributed by atoms with E-state index in [-0.39, 0.29) is 0 Å². The molecule has 3 aromatic carbocycles. The molecule has 0 heteroatoms. The van der Waals surface area contributed by atoms with E-state index in [1.807, 2.05) is 13.8 Å². The van der Waals surface area contributed by atoms with E-state index in [2.05, 4.69) is 72.2 Å². The molecule has 0 aromatic heterocycles. The van der Waals surface area contributed by atoms with Crippen LogP contribution in [0.2, 0.25) is 0 Å². The van der Waals surface area contributed by atoms with Gasteiger partial charge in [-0.25, -0.2) is 0 Å². The van der Waals surface area contributed by atoms with Crippen molar-refractivity contribution in [2.75, 3.05) is 0 Å². The first-order valence-corrected chi connectivity index (χ1v) is 6.63. The minimum atomic E-state index is 1.06. The summed E-state index contributed by atoms with van der Waals surface area (Å²) in [5.41, 5.74) is 2.13. The zero-order valence-corrected chi connectivity index (χ0v) is 11.6. The molecule has 0 spiro atoms. The minimum absolute atomic E-state index is 1.06. The molecule has 0 saturated heterocycles. The van der Waals surface area contributed by atoms with Crippen LogP contribution in [0.1, 0.15) is 25.0 Å². The molecule has 0 saturated carbocycles. The fourth-order valence-corrected chi connectivity index (χ4v) is 2.44. The van der Waals surface area contributed by atoms with Crippen LogP contribution in [0, 0.1) is 23.7 Å². The fraction of sp³-hybridized carbons (Fsp3) is 0.100. The van der Waals surface area contributed by atoms with Crippen molar-refractivity contribution >= 4 is 21.5 Å². The molecule has 0 N–H and O–H groups in total. The highest BCUT2D eigenvalue weighted by Gasteiger charge is 2.00. The molecule has 0 fully saturated rings. The van der Waals surface area contributed by atoms with Crippen LogP contribution in [0.15, 0.2) is 48.5 Å². The first-order chi connectivity index (χ1) is 9.80. The Morgan fingerprint density at radius 3 is 1.40 bits per heavy atom. The summed E-state index contributed by atoms with van der Waals surface area (Å²) >= 11 is 0. The third kappa shape index (κ3) is 2.25. The van der Waals surface area contributed by atoms with Crippen LogP contribution in [-0.2, 0) is 0 Å². The van der Waals surface area contributed by atoms with E-state index in [9.17, 15) is 0 Å². The van der Waals surface area contributed by atoms with Crippen LogP contribution in [0.3, 0.4) is 0 Å². The summed E-state index contributed by atoms with van der Waals surface area (Å²) < 4.78 is 0. The molecular weight excluding hydrogens is 240 g/mol. The molecule has 3 rings (SSSR count). The molecule has 0 heterocycles. The molecule has 0 radical (unpaired) electrons. The lowest BCUT2D eigenvalue weighted by Gasteiger charge is -2.04. The Balaban J connectivity index is 2.25. The van der Waals surface area contributed by atoms with E-state index in [1.165, 1.54) is 21.5 Å². The van der Waals surface area contributed by atoms with Crippen molar-refractivity contribution in [1.29, 1.82) is 0 Å². The predicted octanol–water partition coefficient (Wildman–Crippen LogP) is 4.74. The summed E-state index contributed by atoms with van der Waals surface area (Å²) in [4.78, 5) is 0. The molecule has 0 aliphatic heterocycles. The monoisotopic (exact) mass is 254 g/mol. The highest BCUT2D eigenvalue weighted by molar-refractivity contribution is 5.99. The number of rotatable bonds is 0. The van der Waals surface area contributed by atoms with Crippen LogP contribution in [-0.4, -0.2) is 0 Å². The quantitative estimate of drug-likeness (QED) is 0.401. The Hall–Kier alpha value is -2.70. The molecule has 94 valence electrons. The Labute approximate surface area is 119 Å². The molecule has 0 amide bonds. The Kier molecular flexibility index (Phi) is 3.16. The van der Waals surface area contributed by atoms with Gasteiger partial charge in [0.25, 0.3) is 0 Å². The van der Waals surface area contributed by atoms with Gasteiger partial charge in [-0.2, -0.15) is 0 Å². The SMILES string of the molecule is CC#Cc1ccc2cc3cc(C#CC)ccc3cc2c1. The van der Waals surface area contributed by atoms with Gasteiger partial charge in [0.05, 0.1) is 0 Å². The van der Waals surface area contributed by atoms with Crippen molar-refractivity contribution in [2.24, 2.45) is 0 Å². The van der Waals surface area contributed by atoms with Crippen LogP contribution >= 0.6 is 0 Å². The lowest BCUT2D eigenvalue weighted by molar-refractivity contribution is 1.68. The van der Waals surface area contributed by atoms with Gasteiger partial charge in [0.15, 0.2) is 0 Å². The van der Waals surface area contributed by atoms with Gasteiger partial charge >= 0.3 is 0 Å². The van der Waals surface area contributed by atoms with Gasteiger partial charge < -0.3 is 0 Å². The maximum absolute atomic E-state index is 3.11. The van der Waals surface area contributed by atoms with E-state index < -0.39 is 0 Å². The van der Waals surface area contributed by atoms with Crippen molar-refractivity contribution < 1.29 is 0 Å². The zero-order chi connectivity index (χ0) is 13.9. The first kappa shape index (κ1) is 12.3. The number of benzene rings is 3. The number of hydrogen-bond acceptors (Lipinski definition) is 0. The van der Waals surface area contributed by atoms with Crippen LogP contribution in [0.5, 0.6) is 0 Å². The van der Waals surface area contributed by atoms with E-state index in [1.54, 1.807) is 0 Å². The average Bonchev–Trinajstić information content (AvgIpc) is 2.46. The third-order valence-corrected chi connectivity index (χ3v) is 3.33. The molecule has 0 aliphatic rings. The van der Waals surface area contributed by atoms with E-state index in [4.69, 9.17) is 0 Å². The highest BCUT2D eigenvalue weighted by Crippen LogP contribution is 2.24. The minimum Gasteiger partial charge on any atom is -0.101 e. The molecule has 0 unspecified atom stereocenters. The third-order valence-electron chi connectivity index (χ3n) is 3.33. The normalized spacial score (nSPS) is 9.70. The highest BCUT2D eigenvalue weighted by atomic mass is 14.0. The summed E-state index contributed by atoms with van der Waals surface area (Å²) in [5, 5.41) is 4.93. The van der Waals surface area contributed by atoms with Gasteiger partial charge in [-0.15, -0.1) is 11.8 Å². The van der Waals surface area contributed by atoms with Gasteiger partial charge in [0.2, 0.25) is 0 Å². The van der Waals surface area contributed by atoms with Crippen molar-refractivity contribution in [3.8, 4) is 23.7 Å². The van der Waals surface area contributed by atoms with Crippen LogP contribution in [0.4, 0.5) is 0 Å². The van der Waals surface area contributed by atoms with Crippen molar-refractivity contribution in [3.63, 3.8) is 0 Å². The summed E-state index contributed by atoms with van der Waals surface area (Å²) in [6.07, 6.45) is 0. The standard InChI is InChI=1S/C20H14/c1-3-5-15-7-9-17-14-20-12-16(6-4-2)8-10-18(20)13-19(17)11-15/h7-14H,1-2H3. The maximum Gasteiger partial charge on any atom is 0.0251 e. The molecule has 0 aliphatic carbocycles. The zero-order valence-electron chi connectivity index (χ0n) is 11.6. The smallest absolute Gasteiger partial charge is 0.0251 e. The molecule has 0 atom stereocenters. The summed E-state index contributed by atoms with van der Waals surface area (Å²) in [6, 6.07) is 17.1. The molecular formula is C20H14. The molecule has 20 heavy (non-hydrogen) atoms. The second kappa shape index (κ2) is 5.12. The Morgan fingerprint density at radius 1 is 0.550 bits per heavy atom. The number of hydrogen-bond donors (Lipinski definition) is 0. The van der Waals surface area contributed by atoms with Crippen LogP contribution < -0.4 is 0 Å². The average molecular weight is 254 g/mol. The van der Waals surface area contributed by atoms with E-state index in [0.717, 1.165) is 11.1 Å². The Morgan fingerprint density at radius 2 is 1.00 bits per heavy atom. The van der Waals surface area contributed by atoms with Gasteiger partial charge in [0, 0.05) is 11.1 Å². The van der Waals surface area contributed by atoms with Crippen molar-refractivity contribution in [2.45, 2.75) is 13.8 Å².